The third kappa shape index (κ3) is 4.35. The molecule has 2 atom stereocenters. The number of hydrogen-bond acceptors (Lipinski definition) is 2. The van der Waals surface area contributed by atoms with Crippen LogP contribution in [0.15, 0.2) is 60.7 Å². The molecule has 1 saturated heterocycles. The second kappa shape index (κ2) is 7.39. The highest BCUT2D eigenvalue weighted by Gasteiger charge is 2.34. The monoisotopic (exact) mass is 373 g/mol. The zero-order valence-electron chi connectivity index (χ0n) is 15.0. The summed E-state index contributed by atoms with van der Waals surface area (Å²) in [5.74, 6) is -0.155. The van der Waals surface area contributed by atoms with Crippen molar-refractivity contribution in [3.63, 3.8) is 0 Å². The second-order valence-corrected chi connectivity index (χ2v) is 7.28. The van der Waals surface area contributed by atoms with Crippen LogP contribution in [-0.4, -0.2) is 23.3 Å². The van der Waals surface area contributed by atoms with Gasteiger partial charge in [-0.15, -0.1) is 13.2 Å². The molecule has 2 aliphatic heterocycles. The first kappa shape index (κ1) is 18.1. The van der Waals surface area contributed by atoms with Crippen molar-refractivity contribution in [3.05, 3.63) is 71.8 Å². The van der Waals surface area contributed by atoms with E-state index in [4.69, 9.17) is 0 Å². The molecule has 0 aliphatic carbocycles. The van der Waals surface area contributed by atoms with Gasteiger partial charge in [0.2, 0.25) is 0 Å². The van der Waals surface area contributed by atoms with E-state index < -0.39 is 6.36 Å². The van der Waals surface area contributed by atoms with Crippen LogP contribution in [0, 0.1) is 0 Å². The van der Waals surface area contributed by atoms with Crippen molar-refractivity contribution >= 4 is 5.57 Å². The van der Waals surface area contributed by atoms with Gasteiger partial charge in [0.05, 0.1) is 0 Å². The summed E-state index contributed by atoms with van der Waals surface area (Å²) < 4.78 is 41.6. The number of ether oxygens (including phenoxy) is 1. The number of fused-ring (bicyclic) bond motifs is 2. The molecule has 0 N–H and O–H groups in total. The van der Waals surface area contributed by atoms with E-state index in [0.29, 0.717) is 12.1 Å². The van der Waals surface area contributed by atoms with Gasteiger partial charge in [-0.2, -0.15) is 0 Å². The molecule has 0 spiro atoms. The number of hydrogen-bond donors (Lipinski definition) is 0. The van der Waals surface area contributed by atoms with E-state index in [2.05, 4.69) is 40.0 Å². The molecule has 2 unspecified atom stereocenters. The number of nitrogens with zero attached hydrogens (tertiary/aromatic N) is 1. The number of piperidine rings is 1. The minimum absolute atomic E-state index is 0.155. The fourth-order valence-corrected chi connectivity index (χ4v) is 4.27. The third-order valence-electron chi connectivity index (χ3n) is 5.43. The molecule has 2 bridgehead atoms. The molecule has 0 radical (unpaired) electrons. The Morgan fingerprint density at radius 1 is 1.00 bits per heavy atom. The average Bonchev–Trinajstić information content (AvgIpc) is 2.61. The van der Waals surface area contributed by atoms with Crippen molar-refractivity contribution in [3.8, 4) is 5.75 Å². The first-order chi connectivity index (χ1) is 13.0. The predicted molar refractivity (Wildman–Crippen MR) is 99.1 cm³/mol. The Balaban J connectivity index is 1.56. The van der Waals surface area contributed by atoms with E-state index in [1.54, 1.807) is 6.07 Å². The Labute approximate surface area is 157 Å². The van der Waals surface area contributed by atoms with Gasteiger partial charge in [0.1, 0.15) is 5.75 Å². The highest BCUT2D eigenvalue weighted by Crippen LogP contribution is 2.38. The van der Waals surface area contributed by atoms with Crippen LogP contribution in [-0.2, 0) is 6.54 Å². The van der Waals surface area contributed by atoms with Gasteiger partial charge < -0.3 is 4.74 Å². The van der Waals surface area contributed by atoms with E-state index >= 15 is 0 Å². The van der Waals surface area contributed by atoms with Crippen LogP contribution < -0.4 is 4.74 Å². The lowest BCUT2D eigenvalue weighted by atomic mass is 9.82. The van der Waals surface area contributed by atoms with E-state index in [9.17, 15) is 13.2 Å². The lowest BCUT2D eigenvalue weighted by Crippen LogP contribution is -2.47. The maximum absolute atomic E-state index is 12.5. The standard InChI is InChI=1S/C22H22F3NO/c23-22(24,25)27-21-11-4-8-17(14-21)18-12-19-9-5-10-20(13-18)26(19)15-16-6-2-1-3-7-16/h1-4,6-8,11-12,14,19-20H,5,9-10,13,15H2. The van der Waals surface area contributed by atoms with Crippen molar-refractivity contribution < 1.29 is 17.9 Å². The van der Waals surface area contributed by atoms with Crippen LogP contribution in [0.3, 0.4) is 0 Å². The summed E-state index contributed by atoms with van der Waals surface area (Å²) in [7, 11) is 0. The van der Waals surface area contributed by atoms with Crippen molar-refractivity contribution in [2.24, 2.45) is 0 Å². The third-order valence-corrected chi connectivity index (χ3v) is 5.43. The summed E-state index contributed by atoms with van der Waals surface area (Å²) in [6.07, 6.45) is 1.85. The van der Waals surface area contributed by atoms with Gasteiger partial charge in [-0.3, -0.25) is 4.90 Å². The van der Waals surface area contributed by atoms with Crippen molar-refractivity contribution in [1.82, 2.24) is 4.90 Å². The van der Waals surface area contributed by atoms with Gasteiger partial charge in [-0.1, -0.05) is 55.0 Å². The average molecular weight is 373 g/mol. The van der Waals surface area contributed by atoms with Gasteiger partial charge in [0, 0.05) is 18.6 Å². The molecule has 0 saturated carbocycles. The lowest BCUT2D eigenvalue weighted by molar-refractivity contribution is -0.274. The molecule has 142 valence electrons. The highest BCUT2D eigenvalue weighted by atomic mass is 19.4. The van der Waals surface area contributed by atoms with Crippen molar-refractivity contribution in [1.29, 1.82) is 0 Å². The highest BCUT2D eigenvalue weighted by molar-refractivity contribution is 5.68. The summed E-state index contributed by atoms with van der Waals surface area (Å²) in [5, 5.41) is 0. The summed E-state index contributed by atoms with van der Waals surface area (Å²) in [4.78, 5) is 2.54. The van der Waals surface area contributed by atoms with Gasteiger partial charge in [-0.05, 0) is 48.1 Å². The SMILES string of the molecule is FC(F)(F)Oc1cccc(C2=CC3CCCC(C2)N3Cc2ccccc2)c1. The van der Waals surface area contributed by atoms with Gasteiger partial charge in [0.15, 0.2) is 0 Å². The molecule has 2 nitrogen and oxygen atoms in total. The summed E-state index contributed by atoms with van der Waals surface area (Å²) >= 11 is 0. The van der Waals surface area contributed by atoms with Crippen molar-refractivity contribution in [2.75, 3.05) is 0 Å². The Kier molecular flexibility index (Phi) is 4.96. The zero-order valence-corrected chi connectivity index (χ0v) is 15.0. The first-order valence-electron chi connectivity index (χ1n) is 9.34. The number of benzene rings is 2. The number of halogens is 3. The maximum Gasteiger partial charge on any atom is 0.573 e. The summed E-state index contributed by atoms with van der Waals surface area (Å²) in [5.41, 5.74) is 3.25. The molecule has 0 aromatic heterocycles. The summed E-state index contributed by atoms with van der Waals surface area (Å²) in [6, 6.07) is 17.5. The van der Waals surface area contributed by atoms with Crippen LogP contribution in [0.1, 0.15) is 36.8 Å². The molecule has 1 fully saturated rings. The van der Waals surface area contributed by atoms with Gasteiger partial charge in [-0.25, -0.2) is 0 Å². The van der Waals surface area contributed by atoms with E-state index in [1.165, 1.54) is 24.1 Å². The molecule has 4 rings (SSSR count). The van der Waals surface area contributed by atoms with Gasteiger partial charge >= 0.3 is 6.36 Å². The first-order valence-corrected chi connectivity index (χ1v) is 9.34. The Hall–Kier alpha value is -2.27. The molecule has 2 aromatic rings. The zero-order chi connectivity index (χ0) is 18.9. The smallest absolute Gasteiger partial charge is 0.406 e. The van der Waals surface area contributed by atoms with Crippen LogP contribution in [0.5, 0.6) is 5.75 Å². The molecule has 2 heterocycles. The quantitative estimate of drug-likeness (QED) is 0.672. The fourth-order valence-electron chi connectivity index (χ4n) is 4.27. The Bertz CT molecular complexity index is 816. The van der Waals surface area contributed by atoms with E-state index in [1.807, 2.05) is 12.1 Å². The minimum atomic E-state index is -4.66. The number of alkyl halides is 3. The van der Waals surface area contributed by atoms with Crippen molar-refractivity contribution in [2.45, 2.75) is 50.7 Å². The Morgan fingerprint density at radius 3 is 2.56 bits per heavy atom. The second-order valence-electron chi connectivity index (χ2n) is 7.28. The fraction of sp³-hybridized carbons (Fsp3) is 0.364. The van der Waals surface area contributed by atoms with Crippen LogP contribution >= 0.6 is 0 Å². The van der Waals surface area contributed by atoms with E-state index in [-0.39, 0.29) is 5.75 Å². The van der Waals surface area contributed by atoms with E-state index in [0.717, 1.165) is 36.9 Å². The lowest BCUT2D eigenvalue weighted by Gasteiger charge is -2.45. The normalized spacial score (nSPS) is 23.0. The molecule has 2 aliphatic rings. The number of rotatable bonds is 4. The summed E-state index contributed by atoms with van der Waals surface area (Å²) in [6.45, 7) is 0.914. The molecular weight excluding hydrogens is 351 g/mol. The largest absolute Gasteiger partial charge is 0.573 e. The maximum atomic E-state index is 12.5. The topological polar surface area (TPSA) is 12.5 Å². The van der Waals surface area contributed by atoms with Gasteiger partial charge in [0.25, 0.3) is 0 Å². The molecular formula is C22H22F3NO. The molecule has 2 aromatic carbocycles. The van der Waals surface area contributed by atoms with Crippen LogP contribution in [0.2, 0.25) is 0 Å². The molecule has 0 amide bonds. The van der Waals surface area contributed by atoms with Crippen LogP contribution in [0.4, 0.5) is 13.2 Å². The molecule has 5 heteroatoms. The predicted octanol–water partition coefficient (Wildman–Crippen LogP) is 5.80. The molecule has 27 heavy (non-hydrogen) atoms. The van der Waals surface area contributed by atoms with Crippen LogP contribution in [0.25, 0.3) is 5.57 Å². The minimum Gasteiger partial charge on any atom is -0.406 e. The Morgan fingerprint density at radius 2 is 1.81 bits per heavy atom.